The van der Waals surface area contributed by atoms with Crippen molar-refractivity contribution in [3.63, 3.8) is 0 Å². The number of carbonyl (C=O) groups is 2. The van der Waals surface area contributed by atoms with Gasteiger partial charge in [0, 0.05) is 24.5 Å². The molecule has 0 unspecified atom stereocenters. The van der Waals surface area contributed by atoms with Crippen molar-refractivity contribution in [1.82, 2.24) is 9.88 Å². The second kappa shape index (κ2) is 6.65. The van der Waals surface area contributed by atoms with Crippen LogP contribution in [0.5, 0.6) is 0 Å². The fourth-order valence-electron chi connectivity index (χ4n) is 2.26. The minimum atomic E-state index is -0.235. The lowest BCUT2D eigenvalue weighted by Gasteiger charge is -2.30. The van der Waals surface area contributed by atoms with Crippen molar-refractivity contribution in [3.05, 3.63) is 22.2 Å². The molecule has 0 bridgehead atoms. The first-order valence-corrected chi connectivity index (χ1v) is 7.45. The van der Waals surface area contributed by atoms with Gasteiger partial charge in [0.15, 0.2) is 0 Å². The number of hydrogen-bond donors (Lipinski definition) is 0. The number of carbonyl (C=O) groups excluding carboxylic acids is 2. The number of ether oxygens (including phenoxy) is 1. The van der Waals surface area contributed by atoms with Gasteiger partial charge in [-0.2, -0.15) is 0 Å². The van der Waals surface area contributed by atoms with Gasteiger partial charge in [-0.25, -0.2) is 4.98 Å². The third-order valence-electron chi connectivity index (χ3n) is 3.30. The Morgan fingerprint density at radius 2 is 2.35 bits per heavy atom. The van der Waals surface area contributed by atoms with Gasteiger partial charge in [0.2, 0.25) is 5.91 Å². The summed E-state index contributed by atoms with van der Waals surface area (Å²) in [4.78, 5) is 29.6. The van der Waals surface area contributed by atoms with Gasteiger partial charge in [0.1, 0.15) is 0 Å². The molecule has 0 radical (unpaired) electrons. The average Bonchev–Trinajstić information content (AvgIpc) is 2.89. The van der Waals surface area contributed by atoms with Crippen LogP contribution in [0.15, 0.2) is 11.5 Å². The molecule has 1 atom stereocenters. The summed E-state index contributed by atoms with van der Waals surface area (Å²) < 4.78 is 4.75. The zero-order valence-corrected chi connectivity index (χ0v) is 12.5. The molecule has 0 N–H and O–H groups in total. The Kier molecular flexibility index (Phi) is 4.89. The first-order chi connectivity index (χ1) is 9.60. The highest BCUT2D eigenvalue weighted by molar-refractivity contribution is 7.09. The molecule has 1 aromatic heterocycles. The summed E-state index contributed by atoms with van der Waals surface area (Å²) in [6.45, 7) is 3.05. The van der Waals surface area contributed by atoms with E-state index >= 15 is 0 Å². The maximum atomic E-state index is 12.1. The highest BCUT2D eigenvalue weighted by Crippen LogP contribution is 2.18. The number of methoxy groups -OCH3 is 1. The van der Waals surface area contributed by atoms with Crippen molar-refractivity contribution in [2.45, 2.75) is 19.8 Å². The van der Waals surface area contributed by atoms with Crippen LogP contribution in [0.25, 0.3) is 6.08 Å². The lowest BCUT2D eigenvalue weighted by molar-refractivity contribution is -0.148. The molecule has 108 valence electrons. The van der Waals surface area contributed by atoms with E-state index in [2.05, 4.69) is 4.98 Å². The monoisotopic (exact) mass is 294 g/mol. The van der Waals surface area contributed by atoms with E-state index in [1.807, 2.05) is 12.3 Å². The van der Waals surface area contributed by atoms with Gasteiger partial charge >= 0.3 is 5.97 Å². The number of nitrogens with zero attached hydrogens (tertiary/aromatic N) is 2. The minimum Gasteiger partial charge on any atom is -0.469 e. The van der Waals surface area contributed by atoms with Crippen molar-refractivity contribution in [1.29, 1.82) is 0 Å². The Morgan fingerprint density at radius 3 is 3.00 bits per heavy atom. The summed E-state index contributed by atoms with van der Waals surface area (Å²) in [6, 6.07) is 0. The summed E-state index contributed by atoms with van der Waals surface area (Å²) in [5, 5.41) is 2.88. The molecular weight excluding hydrogens is 276 g/mol. The molecule has 1 fully saturated rings. The van der Waals surface area contributed by atoms with Gasteiger partial charge in [-0.1, -0.05) is 0 Å². The molecule has 1 saturated heterocycles. The van der Waals surface area contributed by atoms with E-state index in [9.17, 15) is 9.59 Å². The Hall–Kier alpha value is -1.69. The number of esters is 1. The third-order valence-corrected chi connectivity index (χ3v) is 4.09. The second-order valence-corrected chi connectivity index (χ2v) is 5.83. The van der Waals surface area contributed by atoms with Crippen molar-refractivity contribution < 1.29 is 14.3 Å². The van der Waals surface area contributed by atoms with Gasteiger partial charge in [-0.15, -0.1) is 11.3 Å². The fourth-order valence-corrected chi connectivity index (χ4v) is 2.84. The number of aromatic nitrogens is 1. The van der Waals surface area contributed by atoms with Crippen LogP contribution in [0, 0.1) is 12.8 Å². The van der Waals surface area contributed by atoms with E-state index in [-0.39, 0.29) is 17.8 Å². The van der Waals surface area contributed by atoms with Gasteiger partial charge < -0.3 is 9.64 Å². The number of piperidine rings is 1. The SMILES string of the molecule is COC(=O)[C@H]1CCCN(C(=O)/C=C/c2csc(C)n2)C1. The number of amides is 1. The zero-order chi connectivity index (χ0) is 14.5. The minimum absolute atomic E-state index is 0.0794. The average molecular weight is 294 g/mol. The van der Waals surface area contributed by atoms with Crippen LogP contribution in [0.3, 0.4) is 0 Å². The summed E-state index contributed by atoms with van der Waals surface area (Å²) in [5.74, 6) is -0.515. The molecule has 1 aliphatic rings. The second-order valence-electron chi connectivity index (χ2n) is 4.77. The van der Waals surface area contributed by atoms with E-state index in [1.165, 1.54) is 13.2 Å². The molecule has 0 aliphatic carbocycles. The van der Waals surface area contributed by atoms with Gasteiger partial charge in [-0.3, -0.25) is 9.59 Å². The smallest absolute Gasteiger partial charge is 0.310 e. The number of aryl methyl sites for hydroxylation is 1. The molecule has 1 amide bonds. The maximum Gasteiger partial charge on any atom is 0.310 e. The molecule has 20 heavy (non-hydrogen) atoms. The van der Waals surface area contributed by atoms with Crippen LogP contribution in [0.4, 0.5) is 0 Å². The number of rotatable bonds is 3. The fraction of sp³-hybridized carbons (Fsp3) is 0.500. The molecule has 5 nitrogen and oxygen atoms in total. The highest BCUT2D eigenvalue weighted by atomic mass is 32.1. The summed E-state index contributed by atoms with van der Waals surface area (Å²) >= 11 is 1.55. The number of likely N-dealkylation sites (tertiary alicyclic amines) is 1. The van der Waals surface area contributed by atoms with E-state index in [0.717, 1.165) is 23.5 Å². The molecule has 2 heterocycles. The summed E-state index contributed by atoms with van der Waals surface area (Å²) in [6.07, 6.45) is 4.85. The third kappa shape index (κ3) is 3.66. The molecule has 0 aromatic carbocycles. The van der Waals surface area contributed by atoms with Crippen molar-refractivity contribution in [2.75, 3.05) is 20.2 Å². The molecular formula is C14H18N2O3S. The molecule has 2 rings (SSSR count). The van der Waals surface area contributed by atoms with Crippen LogP contribution in [-0.2, 0) is 14.3 Å². The van der Waals surface area contributed by atoms with Crippen LogP contribution < -0.4 is 0 Å². The van der Waals surface area contributed by atoms with Crippen molar-refractivity contribution in [3.8, 4) is 0 Å². The Labute approximate surface area is 122 Å². The van der Waals surface area contributed by atoms with Crippen LogP contribution >= 0.6 is 11.3 Å². The van der Waals surface area contributed by atoms with Gasteiger partial charge in [0.05, 0.1) is 23.7 Å². The lowest BCUT2D eigenvalue weighted by Crippen LogP contribution is -2.41. The van der Waals surface area contributed by atoms with Crippen molar-refractivity contribution in [2.24, 2.45) is 5.92 Å². The standard InChI is InChI=1S/C14H18N2O3S/c1-10-15-12(9-20-10)5-6-13(17)16-7-3-4-11(8-16)14(18)19-2/h5-6,9,11H,3-4,7-8H2,1-2H3/b6-5+/t11-/m0/s1. The number of hydrogen-bond acceptors (Lipinski definition) is 5. The first-order valence-electron chi connectivity index (χ1n) is 6.57. The van der Waals surface area contributed by atoms with E-state index in [1.54, 1.807) is 22.3 Å². The Bertz CT molecular complexity index is 524. The molecule has 6 heteroatoms. The van der Waals surface area contributed by atoms with Crippen LogP contribution in [0.2, 0.25) is 0 Å². The number of thiazole rings is 1. The van der Waals surface area contributed by atoms with Crippen LogP contribution in [-0.4, -0.2) is 42.0 Å². The predicted molar refractivity (Wildman–Crippen MR) is 77.2 cm³/mol. The Morgan fingerprint density at radius 1 is 1.55 bits per heavy atom. The first kappa shape index (κ1) is 14.7. The summed E-state index contributed by atoms with van der Waals surface area (Å²) in [7, 11) is 1.38. The molecule has 1 aromatic rings. The van der Waals surface area contributed by atoms with E-state index in [4.69, 9.17) is 4.74 Å². The zero-order valence-electron chi connectivity index (χ0n) is 11.7. The molecule has 0 spiro atoms. The maximum absolute atomic E-state index is 12.1. The lowest BCUT2D eigenvalue weighted by atomic mass is 9.98. The Balaban J connectivity index is 1.95. The summed E-state index contributed by atoms with van der Waals surface area (Å²) in [5.41, 5.74) is 0.794. The normalized spacial score (nSPS) is 19.3. The topological polar surface area (TPSA) is 59.5 Å². The molecule has 1 aliphatic heterocycles. The van der Waals surface area contributed by atoms with E-state index in [0.29, 0.717) is 13.1 Å². The molecule has 0 saturated carbocycles. The van der Waals surface area contributed by atoms with Gasteiger partial charge in [0.25, 0.3) is 0 Å². The van der Waals surface area contributed by atoms with E-state index < -0.39 is 0 Å². The largest absolute Gasteiger partial charge is 0.469 e. The van der Waals surface area contributed by atoms with Crippen LogP contribution in [0.1, 0.15) is 23.5 Å². The highest BCUT2D eigenvalue weighted by Gasteiger charge is 2.28. The quantitative estimate of drug-likeness (QED) is 0.631. The predicted octanol–water partition coefficient (Wildman–Crippen LogP) is 1.88. The van der Waals surface area contributed by atoms with Gasteiger partial charge in [-0.05, 0) is 25.8 Å². The van der Waals surface area contributed by atoms with Crippen molar-refractivity contribution >= 4 is 29.3 Å².